The number of carbonyl (C=O) groups is 2. The molecule has 1 aromatic heterocycles. The number of amides is 2. The highest BCUT2D eigenvalue weighted by Gasteiger charge is 2.12. The molecule has 9 nitrogen and oxygen atoms in total. The molecule has 0 fully saturated rings. The summed E-state index contributed by atoms with van der Waals surface area (Å²) in [5.41, 5.74) is 1.72. The second-order valence-electron chi connectivity index (χ2n) is 7.36. The van der Waals surface area contributed by atoms with E-state index in [1.165, 1.54) is 35.2 Å². The van der Waals surface area contributed by atoms with Crippen molar-refractivity contribution in [1.29, 1.82) is 0 Å². The zero-order chi connectivity index (χ0) is 25.3. The SMILES string of the molecule is O=C(COc1ccccc1)Nc1cccc(SCC(=O)Nc2nc(-c3cccc([N+](=O)[O-])c3)cs2)c1. The molecule has 0 bridgehead atoms. The van der Waals surface area contributed by atoms with Gasteiger partial charge in [0.15, 0.2) is 11.7 Å². The molecule has 0 unspecified atom stereocenters. The molecule has 0 aliphatic carbocycles. The molecule has 0 aliphatic rings. The van der Waals surface area contributed by atoms with Crippen LogP contribution >= 0.6 is 23.1 Å². The number of rotatable bonds is 10. The van der Waals surface area contributed by atoms with Crippen LogP contribution in [0.1, 0.15) is 0 Å². The topological polar surface area (TPSA) is 123 Å². The van der Waals surface area contributed by atoms with Gasteiger partial charge in [-0.1, -0.05) is 36.4 Å². The number of nitrogens with one attached hydrogen (secondary N) is 2. The summed E-state index contributed by atoms with van der Waals surface area (Å²) in [5, 5.41) is 18.6. The van der Waals surface area contributed by atoms with Gasteiger partial charge in [-0.05, 0) is 30.3 Å². The lowest BCUT2D eigenvalue weighted by Gasteiger charge is -2.09. The largest absolute Gasteiger partial charge is 0.484 e. The van der Waals surface area contributed by atoms with Gasteiger partial charge >= 0.3 is 0 Å². The number of nitro benzene ring substituents is 1. The minimum Gasteiger partial charge on any atom is -0.484 e. The van der Waals surface area contributed by atoms with E-state index in [0.717, 1.165) is 4.90 Å². The monoisotopic (exact) mass is 520 g/mol. The Morgan fingerprint density at radius 3 is 2.58 bits per heavy atom. The third-order valence-corrected chi connectivity index (χ3v) is 6.46. The van der Waals surface area contributed by atoms with Gasteiger partial charge in [-0.25, -0.2) is 4.98 Å². The molecule has 3 aromatic carbocycles. The first kappa shape index (κ1) is 24.9. The Morgan fingerprint density at radius 1 is 0.972 bits per heavy atom. The Balaban J connectivity index is 1.27. The Bertz CT molecular complexity index is 1380. The first-order valence-corrected chi connectivity index (χ1v) is 12.5. The molecule has 0 saturated heterocycles. The van der Waals surface area contributed by atoms with Crippen molar-refractivity contribution in [3.8, 4) is 17.0 Å². The van der Waals surface area contributed by atoms with Crippen LogP contribution in [0.15, 0.2) is 89.1 Å². The Kier molecular flexibility index (Phi) is 8.27. The van der Waals surface area contributed by atoms with Crippen LogP contribution in [0.5, 0.6) is 5.75 Å². The van der Waals surface area contributed by atoms with Gasteiger partial charge in [-0.2, -0.15) is 0 Å². The van der Waals surface area contributed by atoms with Crippen LogP contribution in [0.3, 0.4) is 0 Å². The quantitative estimate of drug-likeness (QED) is 0.161. The zero-order valence-electron chi connectivity index (χ0n) is 18.7. The van der Waals surface area contributed by atoms with Gasteiger partial charge in [0, 0.05) is 33.7 Å². The average Bonchev–Trinajstić information content (AvgIpc) is 3.35. The summed E-state index contributed by atoms with van der Waals surface area (Å²) in [6.07, 6.45) is 0. The van der Waals surface area contributed by atoms with E-state index in [-0.39, 0.29) is 29.9 Å². The number of hydrogen-bond donors (Lipinski definition) is 2. The van der Waals surface area contributed by atoms with Gasteiger partial charge in [0.2, 0.25) is 5.91 Å². The fourth-order valence-corrected chi connectivity index (χ4v) is 4.56. The van der Waals surface area contributed by atoms with E-state index >= 15 is 0 Å². The van der Waals surface area contributed by atoms with Crippen LogP contribution in [0.4, 0.5) is 16.5 Å². The number of para-hydroxylation sites is 1. The lowest BCUT2D eigenvalue weighted by Crippen LogP contribution is -2.20. The lowest BCUT2D eigenvalue weighted by atomic mass is 10.1. The number of thioether (sulfide) groups is 1. The van der Waals surface area contributed by atoms with Crippen molar-refractivity contribution in [3.05, 3.63) is 94.4 Å². The summed E-state index contributed by atoms with van der Waals surface area (Å²) in [4.78, 5) is 40.3. The number of non-ortho nitro benzene ring substituents is 1. The maximum Gasteiger partial charge on any atom is 0.270 e. The van der Waals surface area contributed by atoms with Gasteiger partial charge in [0.25, 0.3) is 11.6 Å². The zero-order valence-corrected chi connectivity index (χ0v) is 20.4. The minimum absolute atomic E-state index is 0.0235. The van der Waals surface area contributed by atoms with Crippen LogP contribution < -0.4 is 15.4 Å². The van der Waals surface area contributed by atoms with Gasteiger partial charge in [0.05, 0.1) is 16.4 Å². The fourth-order valence-electron chi connectivity index (χ4n) is 3.07. The molecular formula is C25H20N4O5S2. The molecule has 2 amide bonds. The van der Waals surface area contributed by atoms with E-state index in [2.05, 4.69) is 15.6 Å². The summed E-state index contributed by atoms with van der Waals surface area (Å²) < 4.78 is 5.45. The van der Waals surface area contributed by atoms with Crippen LogP contribution in [-0.2, 0) is 9.59 Å². The molecule has 0 atom stereocenters. The van der Waals surface area contributed by atoms with Gasteiger partial charge in [-0.15, -0.1) is 23.1 Å². The van der Waals surface area contributed by atoms with E-state index in [1.807, 2.05) is 24.3 Å². The molecule has 0 aliphatic heterocycles. The van der Waals surface area contributed by atoms with Crippen molar-refractivity contribution in [3.63, 3.8) is 0 Å². The third kappa shape index (κ3) is 7.14. The molecule has 0 saturated carbocycles. The van der Waals surface area contributed by atoms with Crippen molar-refractivity contribution in [2.75, 3.05) is 23.0 Å². The van der Waals surface area contributed by atoms with Crippen molar-refractivity contribution >= 4 is 51.4 Å². The van der Waals surface area contributed by atoms with E-state index in [9.17, 15) is 19.7 Å². The number of ether oxygens (including phenoxy) is 1. The molecule has 11 heteroatoms. The highest BCUT2D eigenvalue weighted by Crippen LogP contribution is 2.28. The number of benzene rings is 3. The highest BCUT2D eigenvalue weighted by molar-refractivity contribution is 8.00. The number of nitrogens with zero attached hydrogens (tertiary/aromatic N) is 2. The van der Waals surface area contributed by atoms with E-state index in [4.69, 9.17) is 4.74 Å². The molecule has 4 rings (SSSR count). The standard InChI is InChI=1S/C25H20N4O5S2/c30-23(14-34-20-9-2-1-3-10-20)26-18-7-5-11-21(13-18)35-16-24(31)28-25-27-22(15-36-25)17-6-4-8-19(12-17)29(32)33/h1-13,15H,14,16H2,(H,26,30)(H,27,28,31). The maximum atomic E-state index is 12.4. The average molecular weight is 521 g/mol. The number of aromatic nitrogens is 1. The van der Waals surface area contributed by atoms with Crippen LogP contribution in [-0.4, -0.2) is 34.1 Å². The predicted octanol–water partition coefficient (Wildman–Crippen LogP) is 5.47. The van der Waals surface area contributed by atoms with Crippen molar-refractivity contribution < 1.29 is 19.2 Å². The van der Waals surface area contributed by atoms with Crippen molar-refractivity contribution in [2.45, 2.75) is 4.90 Å². The lowest BCUT2D eigenvalue weighted by molar-refractivity contribution is -0.384. The first-order valence-electron chi connectivity index (χ1n) is 10.7. The molecule has 0 radical (unpaired) electrons. The predicted molar refractivity (Wildman–Crippen MR) is 141 cm³/mol. The Labute approximate surface area is 214 Å². The van der Waals surface area contributed by atoms with E-state index < -0.39 is 4.92 Å². The molecule has 182 valence electrons. The van der Waals surface area contributed by atoms with Crippen molar-refractivity contribution in [1.82, 2.24) is 4.98 Å². The number of thiazole rings is 1. The molecule has 0 spiro atoms. The summed E-state index contributed by atoms with van der Waals surface area (Å²) >= 11 is 2.55. The Morgan fingerprint density at radius 2 is 1.78 bits per heavy atom. The summed E-state index contributed by atoms with van der Waals surface area (Å²) in [5.74, 6) is 0.216. The van der Waals surface area contributed by atoms with Crippen LogP contribution in [0, 0.1) is 10.1 Å². The van der Waals surface area contributed by atoms with Crippen LogP contribution in [0.25, 0.3) is 11.3 Å². The number of nitro groups is 1. The van der Waals surface area contributed by atoms with E-state index in [1.54, 1.807) is 47.8 Å². The highest BCUT2D eigenvalue weighted by atomic mass is 32.2. The van der Waals surface area contributed by atoms with Crippen LogP contribution in [0.2, 0.25) is 0 Å². The summed E-state index contributed by atoms with van der Waals surface area (Å²) in [7, 11) is 0. The summed E-state index contributed by atoms with van der Waals surface area (Å²) in [6, 6.07) is 22.4. The second-order valence-corrected chi connectivity index (χ2v) is 9.27. The molecule has 36 heavy (non-hydrogen) atoms. The van der Waals surface area contributed by atoms with Gasteiger partial charge < -0.3 is 15.4 Å². The maximum absolute atomic E-state index is 12.4. The number of anilines is 2. The Hall–Kier alpha value is -4.22. The smallest absolute Gasteiger partial charge is 0.270 e. The van der Waals surface area contributed by atoms with Gasteiger partial charge in [-0.3, -0.25) is 19.7 Å². The van der Waals surface area contributed by atoms with Crippen molar-refractivity contribution in [2.24, 2.45) is 0 Å². The minimum atomic E-state index is -0.464. The normalized spacial score (nSPS) is 10.4. The molecule has 1 heterocycles. The summed E-state index contributed by atoms with van der Waals surface area (Å²) in [6.45, 7) is -0.115. The molecule has 2 N–H and O–H groups in total. The number of hydrogen-bond acceptors (Lipinski definition) is 8. The van der Waals surface area contributed by atoms with Gasteiger partial charge in [0.1, 0.15) is 5.75 Å². The number of carbonyl (C=O) groups excluding carboxylic acids is 2. The van der Waals surface area contributed by atoms with E-state index in [0.29, 0.717) is 27.8 Å². The molecule has 4 aromatic rings. The first-order chi connectivity index (χ1) is 17.5. The molecular weight excluding hydrogens is 500 g/mol. The fraction of sp³-hybridized carbons (Fsp3) is 0.0800. The second kappa shape index (κ2) is 12.0. The third-order valence-electron chi connectivity index (χ3n) is 4.70.